The van der Waals surface area contributed by atoms with Gasteiger partial charge < -0.3 is 9.47 Å². The lowest BCUT2D eigenvalue weighted by atomic mass is 10.0. The lowest BCUT2D eigenvalue weighted by molar-refractivity contribution is -0.115. The van der Waals surface area contributed by atoms with Gasteiger partial charge in [0.25, 0.3) is 0 Å². The molecule has 0 aliphatic heterocycles. The predicted octanol–water partition coefficient (Wildman–Crippen LogP) is 2.77. The molecule has 19 heavy (non-hydrogen) atoms. The first-order chi connectivity index (χ1) is 9.13. The molecule has 0 radical (unpaired) electrons. The van der Waals surface area contributed by atoms with Crippen molar-refractivity contribution in [2.75, 3.05) is 18.5 Å². The Hall–Kier alpha value is -1.36. The fourth-order valence-corrected chi connectivity index (χ4v) is 1.87. The number of hydrogen-bond donors (Lipinski definition) is 0. The van der Waals surface area contributed by atoms with Crippen LogP contribution < -0.4 is 4.74 Å². The average Bonchev–Trinajstić information content (AvgIpc) is 2.41. The Morgan fingerprint density at radius 1 is 1.21 bits per heavy atom. The highest BCUT2D eigenvalue weighted by molar-refractivity contribution is 9.09. The van der Waals surface area contributed by atoms with Crippen LogP contribution >= 0.6 is 15.9 Å². The lowest BCUT2D eigenvalue weighted by Crippen LogP contribution is -2.12. The van der Waals surface area contributed by atoms with Crippen molar-refractivity contribution in [3.8, 4) is 5.75 Å². The van der Waals surface area contributed by atoms with Crippen LogP contribution in [0.25, 0.3) is 0 Å². The molecule has 0 unspecified atom stereocenters. The van der Waals surface area contributed by atoms with Crippen molar-refractivity contribution < 1.29 is 19.1 Å². The summed E-state index contributed by atoms with van der Waals surface area (Å²) in [5, 5.41) is 0.280. The van der Waals surface area contributed by atoms with Gasteiger partial charge >= 0.3 is 5.97 Å². The Kier molecular flexibility index (Phi) is 6.56. The molecule has 0 N–H and O–H groups in total. The highest BCUT2D eigenvalue weighted by Crippen LogP contribution is 2.26. The predicted molar refractivity (Wildman–Crippen MR) is 76.1 cm³/mol. The number of para-hydroxylation sites is 1. The van der Waals surface area contributed by atoms with Crippen LogP contribution in [0.5, 0.6) is 5.75 Å². The zero-order chi connectivity index (χ0) is 14.3. The van der Waals surface area contributed by atoms with Gasteiger partial charge in [-0.3, -0.25) is 4.79 Å². The maximum absolute atomic E-state index is 11.9. The van der Waals surface area contributed by atoms with Crippen molar-refractivity contribution in [2.45, 2.75) is 20.3 Å². The van der Waals surface area contributed by atoms with E-state index in [4.69, 9.17) is 9.47 Å². The van der Waals surface area contributed by atoms with Gasteiger partial charge in [0.15, 0.2) is 0 Å². The molecule has 104 valence electrons. The van der Waals surface area contributed by atoms with E-state index < -0.39 is 5.97 Å². The topological polar surface area (TPSA) is 52.6 Å². The van der Waals surface area contributed by atoms with Gasteiger partial charge in [-0.1, -0.05) is 28.1 Å². The Bertz CT molecular complexity index is 457. The molecular formula is C14H17BrO4. The number of ketones is 1. The summed E-state index contributed by atoms with van der Waals surface area (Å²) in [5.41, 5.74) is 1.07. The molecule has 0 aromatic heterocycles. The van der Waals surface area contributed by atoms with Gasteiger partial charge in [0.1, 0.15) is 17.1 Å². The van der Waals surface area contributed by atoms with Crippen molar-refractivity contribution in [3.05, 3.63) is 29.3 Å². The molecule has 0 saturated heterocycles. The molecule has 0 amide bonds. The summed E-state index contributed by atoms with van der Waals surface area (Å²) >= 11 is 3.13. The Labute approximate surface area is 121 Å². The van der Waals surface area contributed by atoms with Crippen LogP contribution in [-0.4, -0.2) is 30.3 Å². The fraction of sp³-hybridized carbons (Fsp3) is 0.429. The number of alkyl halides is 1. The molecule has 0 saturated carbocycles. The summed E-state index contributed by atoms with van der Waals surface area (Å²) in [5.74, 6) is 0.0406. The van der Waals surface area contributed by atoms with E-state index in [1.165, 1.54) is 0 Å². The quantitative estimate of drug-likeness (QED) is 0.570. The van der Waals surface area contributed by atoms with Crippen molar-refractivity contribution in [2.24, 2.45) is 0 Å². The minimum atomic E-state index is -0.431. The van der Waals surface area contributed by atoms with Crippen LogP contribution in [0.1, 0.15) is 29.8 Å². The standard InChI is InChI=1S/C14H17BrO4/c1-3-18-13-10(8-11(16)9-15)6-5-7-12(13)14(17)19-4-2/h5-7H,3-4,8-9H2,1-2H3. The third-order valence-electron chi connectivity index (χ3n) is 2.42. The largest absolute Gasteiger partial charge is 0.493 e. The minimum absolute atomic E-state index is 0.0296. The summed E-state index contributed by atoms with van der Waals surface area (Å²) in [6.45, 7) is 4.30. The average molecular weight is 329 g/mol. The van der Waals surface area contributed by atoms with E-state index in [0.29, 0.717) is 30.1 Å². The minimum Gasteiger partial charge on any atom is -0.493 e. The van der Waals surface area contributed by atoms with Gasteiger partial charge in [-0.25, -0.2) is 4.79 Å². The van der Waals surface area contributed by atoms with Gasteiger partial charge in [0.05, 0.1) is 18.5 Å². The SMILES string of the molecule is CCOC(=O)c1cccc(CC(=O)CBr)c1OCC. The molecule has 0 spiro atoms. The highest BCUT2D eigenvalue weighted by Gasteiger charge is 2.18. The molecule has 0 bridgehead atoms. The summed E-state index contributed by atoms with van der Waals surface area (Å²) < 4.78 is 10.5. The Morgan fingerprint density at radius 2 is 1.95 bits per heavy atom. The van der Waals surface area contributed by atoms with Gasteiger partial charge in [0.2, 0.25) is 0 Å². The van der Waals surface area contributed by atoms with Crippen LogP contribution in [0.2, 0.25) is 0 Å². The van der Waals surface area contributed by atoms with E-state index in [0.717, 1.165) is 0 Å². The molecule has 1 aromatic rings. The summed E-state index contributed by atoms with van der Waals surface area (Å²) in [7, 11) is 0. The summed E-state index contributed by atoms with van der Waals surface area (Å²) in [4.78, 5) is 23.4. The monoisotopic (exact) mass is 328 g/mol. The molecule has 4 nitrogen and oxygen atoms in total. The van der Waals surface area contributed by atoms with Crippen LogP contribution in [0.4, 0.5) is 0 Å². The zero-order valence-corrected chi connectivity index (χ0v) is 12.7. The number of rotatable bonds is 7. The second-order valence-corrected chi connectivity index (χ2v) is 4.36. The lowest BCUT2D eigenvalue weighted by Gasteiger charge is -2.13. The fourth-order valence-electron chi connectivity index (χ4n) is 1.67. The van der Waals surface area contributed by atoms with Crippen LogP contribution in [0.3, 0.4) is 0 Å². The molecule has 0 heterocycles. The first-order valence-corrected chi connectivity index (χ1v) is 7.25. The number of carbonyl (C=O) groups excluding carboxylic acids is 2. The molecule has 0 atom stereocenters. The summed E-state index contributed by atoms with van der Waals surface area (Å²) in [6.07, 6.45) is 0.230. The second kappa shape index (κ2) is 7.94. The third-order valence-corrected chi connectivity index (χ3v) is 3.04. The van der Waals surface area contributed by atoms with Gasteiger partial charge in [-0.2, -0.15) is 0 Å². The van der Waals surface area contributed by atoms with Crippen molar-refractivity contribution in [3.63, 3.8) is 0 Å². The van der Waals surface area contributed by atoms with Crippen LogP contribution in [0.15, 0.2) is 18.2 Å². The van der Waals surface area contributed by atoms with E-state index in [2.05, 4.69) is 15.9 Å². The number of esters is 1. The van der Waals surface area contributed by atoms with Crippen molar-refractivity contribution in [1.29, 1.82) is 0 Å². The van der Waals surface area contributed by atoms with Gasteiger partial charge in [0, 0.05) is 12.0 Å². The molecule has 0 aliphatic rings. The molecular weight excluding hydrogens is 312 g/mol. The molecule has 0 aliphatic carbocycles. The van der Waals surface area contributed by atoms with Crippen molar-refractivity contribution >= 4 is 27.7 Å². The summed E-state index contributed by atoms with van der Waals surface area (Å²) in [6, 6.07) is 5.16. The highest BCUT2D eigenvalue weighted by atomic mass is 79.9. The van der Waals surface area contributed by atoms with Crippen LogP contribution in [0, 0.1) is 0 Å². The maximum Gasteiger partial charge on any atom is 0.341 e. The van der Waals surface area contributed by atoms with E-state index in [1.807, 2.05) is 6.92 Å². The van der Waals surface area contributed by atoms with Crippen LogP contribution in [-0.2, 0) is 16.0 Å². The number of halogens is 1. The number of ether oxygens (including phenoxy) is 2. The first-order valence-electron chi connectivity index (χ1n) is 6.13. The molecule has 1 rings (SSSR count). The Morgan fingerprint density at radius 3 is 2.53 bits per heavy atom. The smallest absolute Gasteiger partial charge is 0.341 e. The zero-order valence-electron chi connectivity index (χ0n) is 11.1. The van der Waals surface area contributed by atoms with E-state index >= 15 is 0 Å². The molecule has 0 fully saturated rings. The molecule has 1 aromatic carbocycles. The van der Waals surface area contributed by atoms with Gasteiger partial charge in [-0.15, -0.1) is 0 Å². The normalized spacial score (nSPS) is 10.1. The van der Waals surface area contributed by atoms with E-state index in [9.17, 15) is 9.59 Å². The van der Waals surface area contributed by atoms with E-state index in [1.54, 1.807) is 25.1 Å². The molecule has 5 heteroatoms. The third kappa shape index (κ3) is 4.35. The number of benzene rings is 1. The number of Topliss-reactive ketones (excluding diaryl/α,β-unsaturated/α-hetero) is 1. The second-order valence-electron chi connectivity index (χ2n) is 3.80. The maximum atomic E-state index is 11.9. The van der Waals surface area contributed by atoms with E-state index in [-0.39, 0.29) is 17.5 Å². The first kappa shape index (κ1) is 15.7. The Balaban J connectivity index is 3.13. The van der Waals surface area contributed by atoms with Crippen molar-refractivity contribution in [1.82, 2.24) is 0 Å². The number of hydrogen-bond acceptors (Lipinski definition) is 4. The number of carbonyl (C=O) groups is 2. The van der Waals surface area contributed by atoms with Gasteiger partial charge in [-0.05, 0) is 19.9 Å².